The highest BCUT2D eigenvalue weighted by Crippen LogP contribution is 2.35. The van der Waals surface area contributed by atoms with Crippen LogP contribution in [0.3, 0.4) is 0 Å². The molecule has 0 aliphatic carbocycles. The van der Waals surface area contributed by atoms with Crippen LogP contribution in [-0.4, -0.2) is 28.2 Å². The fourth-order valence-corrected chi connectivity index (χ4v) is 4.22. The standard InChI is InChI=1S/C26H19NO3/c28-16-20-13-18(11-12-25(20)29)22-9-3-6-17-7-4-10-23(26(17)22)24-15-27(30)14-19-5-1-2-8-21(19)24/h1-14,16,29-30H,15H2. The third-order valence-corrected chi connectivity index (χ3v) is 5.59. The van der Waals surface area contributed by atoms with E-state index in [-0.39, 0.29) is 11.3 Å². The molecule has 4 aromatic rings. The summed E-state index contributed by atoms with van der Waals surface area (Å²) in [6.07, 6.45) is 2.40. The van der Waals surface area contributed by atoms with Gasteiger partial charge in [0.1, 0.15) is 5.75 Å². The molecule has 4 heteroatoms. The van der Waals surface area contributed by atoms with Crippen LogP contribution >= 0.6 is 0 Å². The van der Waals surface area contributed by atoms with Gasteiger partial charge in [0.05, 0.1) is 12.1 Å². The van der Waals surface area contributed by atoms with Crippen molar-refractivity contribution >= 4 is 28.8 Å². The van der Waals surface area contributed by atoms with E-state index in [9.17, 15) is 15.1 Å². The number of benzene rings is 4. The lowest BCUT2D eigenvalue weighted by atomic mass is 9.89. The number of carbonyl (C=O) groups is 1. The number of aromatic hydroxyl groups is 1. The van der Waals surface area contributed by atoms with Crippen molar-refractivity contribution in [1.82, 2.24) is 5.06 Å². The number of phenolic OH excluding ortho intramolecular Hbond substituents is 1. The molecule has 1 heterocycles. The summed E-state index contributed by atoms with van der Waals surface area (Å²) in [5, 5.41) is 25.6. The van der Waals surface area contributed by atoms with Crippen LogP contribution in [0.5, 0.6) is 5.75 Å². The summed E-state index contributed by atoms with van der Waals surface area (Å²) in [7, 11) is 0. The first-order valence-electron chi connectivity index (χ1n) is 9.72. The molecule has 0 spiro atoms. The molecule has 5 rings (SSSR count). The van der Waals surface area contributed by atoms with Crippen LogP contribution in [-0.2, 0) is 0 Å². The Bertz CT molecular complexity index is 1420. The van der Waals surface area contributed by atoms with Gasteiger partial charge in [0.25, 0.3) is 0 Å². The van der Waals surface area contributed by atoms with Crippen molar-refractivity contribution in [2.75, 3.05) is 6.54 Å². The largest absolute Gasteiger partial charge is 0.507 e. The lowest BCUT2D eigenvalue weighted by Crippen LogP contribution is -2.37. The molecule has 0 fully saturated rings. The minimum Gasteiger partial charge on any atom is -0.507 e. The van der Waals surface area contributed by atoms with Crippen molar-refractivity contribution in [2.24, 2.45) is 0 Å². The smallest absolute Gasteiger partial charge is 0.153 e. The van der Waals surface area contributed by atoms with Crippen LogP contribution in [0.2, 0.25) is 0 Å². The Balaban J connectivity index is 1.87. The number of fused-ring (bicyclic) bond motifs is 2. The lowest BCUT2D eigenvalue weighted by Gasteiger charge is -2.22. The molecule has 0 saturated heterocycles. The van der Waals surface area contributed by atoms with E-state index in [2.05, 4.69) is 24.3 Å². The van der Waals surface area contributed by atoms with E-state index < -0.39 is 0 Å². The van der Waals surface area contributed by atoms with Gasteiger partial charge in [0.15, 0.2) is 6.29 Å². The Kier molecular flexibility index (Phi) is 4.34. The summed E-state index contributed by atoms with van der Waals surface area (Å²) in [4.78, 5) is 11.4. The molecule has 0 aromatic heterocycles. The average Bonchev–Trinajstić information content (AvgIpc) is 2.78. The number of carbonyl (C=O) groups excluding carboxylic acids is 1. The van der Waals surface area contributed by atoms with Crippen LogP contribution in [0, 0.1) is 0 Å². The third-order valence-electron chi connectivity index (χ3n) is 5.59. The second-order valence-electron chi connectivity index (χ2n) is 7.39. The number of hydrogen-bond donors (Lipinski definition) is 2. The van der Waals surface area contributed by atoms with Gasteiger partial charge in [-0.2, -0.15) is 0 Å². The molecule has 2 N–H and O–H groups in total. The molecule has 4 nitrogen and oxygen atoms in total. The Morgan fingerprint density at radius 3 is 2.43 bits per heavy atom. The van der Waals surface area contributed by atoms with E-state index in [0.29, 0.717) is 12.8 Å². The molecule has 0 saturated carbocycles. The summed E-state index contributed by atoms with van der Waals surface area (Å²) in [6, 6.07) is 25.3. The molecular weight excluding hydrogens is 374 g/mol. The predicted octanol–water partition coefficient (Wildman–Crippen LogP) is 3.67. The number of phenols is 1. The molecule has 1 aliphatic rings. The monoisotopic (exact) mass is 393 g/mol. The normalized spacial score (nSPS) is 13.1. The highest BCUT2D eigenvalue weighted by molar-refractivity contribution is 6.04. The first kappa shape index (κ1) is 18.2. The van der Waals surface area contributed by atoms with Crippen molar-refractivity contribution in [1.29, 1.82) is 0 Å². The van der Waals surface area contributed by atoms with Gasteiger partial charge in [-0.1, -0.05) is 66.7 Å². The zero-order chi connectivity index (χ0) is 20.7. The van der Waals surface area contributed by atoms with Crippen LogP contribution in [0.1, 0.15) is 15.9 Å². The average molecular weight is 393 g/mol. The maximum absolute atomic E-state index is 11.4. The quantitative estimate of drug-likeness (QED) is 0.522. The molecule has 0 atom stereocenters. The SMILES string of the molecule is O=Cc1cc(-c2cccc3cccc(C4=c5ccccc5=CN(O)C4)c23)ccc1O. The Hall–Kier alpha value is -3.89. The number of rotatable bonds is 3. The van der Waals surface area contributed by atoms with Crippen molar-refractivity contribution in [3.05, 3.63) is 100 Å². The van der Waals surface area contributed by atoms with Crippen molar-refractivity contribution in [2.45, 2.75) is 0 Å². The molecular formula is C26H19NO3. The molecule has 4 aromatic carbocycles. The second-order valence-corrected chi connectivity index (χ2v) is 7.39. The Morgan fingerprint density at radius 1 is 0.867 bits per heavy atom. The van der Waals surface area contributed by atoms with Gasteiger partial charge in [0.2, 0.25) is 0 Å². The molecule has 1 aliphatic heterocycles. The Morgan fingerprint density at radius 2 is 1.63 bits per heavy atom. The third kappa shape index (κ3) is 2.95. The maximum Gasteiger partial charge on any atom is 0.153 e. The number of hydroxylamine groups is 2. The number of aldehydes is 1. The zero-order valence-electron chi connectivity index (χ0n) is 16.1. The predicted molar refractivity (Wildman–Crippen MR) is 118 cm³/mol. The first-order valence-corrected chi connectivity index (χ1v) is 9.72. The van der Waals surface area contributed by atoms with Gasteiger partial charge in [-0.15, -0.1) is 0 Å². The van der Waals surface area contributed by atoms with Crippen molar-refractivity contribution in [3.63, 3.8) is 0 Å². The van der Waals surface area contributed by atoms with E-state index in [4.69, 9.17) is 0 Å². The van der Waals surface area contributed by atoms with Crippen LogP contribution in [0.4, 0.5) is 0 Å². The molecule has 30 heavy (non-hydrogen) atoms. The minimum absolute atomic E-state index is 0.0312. The van der Waals surface area contributed by atoms with Gasteiger partial charge in [-0.05, 0) is 50.4 Å². The fourth-order valence-electron chi connectivity index (χ4n) is 4.22. The van der Waals surface area contributed by atoms with Gasteiger partial charge >= 0.3 is 0 Å². The summed E-state index contributed by atoms with van der Waals surface area (Å²) in [5.41, 5.74) is 4.14. The summed E-state index contributed by atoms with van der Waals surface area (Å²) < 4.78 is 0. The van der Waals surface area contributed by atoms with Crippen LogP contribution < -0.4 is 10.4 Å². The maximum atomic E-state index is 11.4. The van der Waals surface area contributed by atoms with E-state index in [1.807, 2.05) is 42.5 Å². The van der Waals surface area contributed by atoms with Gasteiger partial charge < -0.3 is 5.11 Å². The van der Waals surface area contributed by atoms with Crippen LogP contribution in [0.15, 0.2) is 78.9 Å². The lowest BCUT2D eigenvalue weighted by molar-refractivity contribution is -0.00751. The summed E-state index contributed by atoms with van der Waals surface area (Å²) in [5.74, 6) is -0.0312. The minimum atomic E-state index is -0.0312. The second kappa shape index (κ2) is 7.17. The number of hydrogen-bond acceptors (Lipinski definition) is 4. The summed E-state index contributed by atoms with van der Waals surface area (Å²) in [6.45, 7) is 0.375. The molecule has 0 unspecified atom stereocenters. The van der Waals surface area contributed by atoms with Crippen molar-refractivity contribution in [3.8, 4) is 16.9 Å². The van der Waals surface area contributed by atoms with Crippen molar-refractivity contribution < 1.29 is 15.1 Å². The molecule has 0 radical (unpaired) electrons. The van der Waals surface area contributed by atoms with Gasteiger partial charge in [-0.3, -0.25) is 15.1 Å². The van der Waals surface area contributed by atoms with E-state index in [1.165, 1.54) is 5.06 Å². The molecule has 146 valence electrons. The van der Waals surface area contributed by atoms with Gasteiger partial charge in [0, 0.05) is 11.4 Å². The highest BCUT2D eigenvalue weighted by atomic mass is 16.5. The molecule has 0 bridgehead atoms. The Labute approximate surface area is 173 Å². The fraction of sp³-hybridized carbons (Fsp3) is 0.0385. The topological polar surface area (TPSA) is 60.8 Å². The van der Waals surface area contributed by atoms with Gasteiger partial charge in [-0.25, -0.2) is 0 Å². The van der Waals surface area contributed by atoms with E-state index in [1.54, 1.807) is 18.3 Å². The summed E-state index contributed by atoms with van der Waals surface area (Å²) >= 11 is 0. The highest BCUT2D eigenvalue weighted by Gasteiger charge is 2.17. The first-order chi connectivity index (χ1) is 14.7. The van der Waals surface area contributed by atoms with E-state index >= 15 is 0 Å². The molecule has 0 amide bonds. The zero-order valence-corrected chi connectivity index (χ0v) is 16.1. The number of nitrogens with zero attached hydrogens (tertiary/aromatic N) is 1. The van der Waals surface area contributed by atoms with Crippen LogP contribution in [0.25, 0.3) is 33.7 Å². The van der Waals surface area contributed by atoms with E-state index in [0.717, 1.165) is 43.5 Å².